The fourth-order valence-electron chi connectivity index (χ4n) is 3.17. The number of amides is 1. The Bertz CT molecular complexity index is 1200. The SMILES string of the molecule is CNS(=O)(=O)c1cc(C(=O)Nc2ccnn2Cc2ccc(N(C)C)cc2)cc(C)c1C. The highest BCUT2D eigenvalue weighted by Crippen LogP contribution is 2.22. The first kappa shape index (κ1) is 22.5. The van der Waals surface area contributed by atoms with Gasteiger partial charge in [0.15, 0.2) is 0 Å². The molecule has 0 atom stereocenters. The number of nitrogens with one attached hydrogen (secondary N) is 2. The molecule has 0 aliphatic rings. The van der Waals surface area contributed by atoms with Gasteiger partial charge in [0.2, 0.25) is 10.0 Å². The number of hydrogen-bond acceptors (Lipinski definition) is 5. The number of anilines is 2. The zero-order valence-corrected chi connectivity index (χ0v) is 19.1. The van der Waals surface area contributed by atoms with Crippen LogP contribution in [-0.4, -0.2) is 45.2 Å². The van der Waals surface area contributed by atoms with Crippen LogP contribution in [0.1, 0.15) is 27.0 Å². The van der Waals surface area contributed by atoms with Gasteiger partial charge in [-0.2, -0.15) is 5.10 Å². The number of nitrogens with zero attached hydrogens (tertiary/aromatic N) is 3. The Hall–Kier alpha value is -3.17. The second kappa shape index (κ2) is 8.91. The molecule has 0 saturated carbocycles. The van der Waals surface area contributed by atoms with Crippen molar-refractivity contribution < 1.29 is 13.2 Å². The largest absolute Gasteiger partial charge is 0.378 e. The molecule has 0 radical (unpaired) electrons. The molecule has 164 valence electrons. The number of benzene rings is 2. The molecule has 1 heterocycles. The maximum atomic E-state index is 12.9. The van der Waals surface area contributed by atoms with Crippen molar-refractivity contribution in [3.05, 3.63) is 70.9 Å². The summed E-state index contributed by atoms with van der Waals surface area (Å²) in [6.45, 7) is 3.99. The zero-order valence-electron chi connectivity index (χ0n) is 18.3. The minimum absolute atomic E-state index is 0.0923. The highest BCUT2D eigenvalue weighted by Gasteiger charge is 2.20. The highest BCUT2D eigenvalue weighted by molar-refractivity contribution is 7.89. The van der Waals surface area contributed by atoms with Crippen LogP contribution in [0.3, 0.4) is 0 Å². The molecule has 9 heteroatoms. The molecular weight excluding hydrogens is 414 g/mol. The summed E-state index contributed by atoms with van der Waals surface area (Å²) < 4.78 is 28.7. The number of sulfonamides is 1. The van der Waals surface area contributed by atoms with Crippen molar-refractivity contribution in [2.45, 2.75) is 25.3 Å². The Balaban J connectivity index is 1.83. The van der Waals surface area contributed by atoms with E-state index in [0.717, 1.165) is 16.8 Å². The van der Waals surface area contributed by atoms with E-state index in [4.69, 9.17) is 0 Å². The lowest BCUT2D eigenvalue weighted by molar-refractivity contribution is 0.102. The molecule has 0 aliphatic heterocycles. The van der Waals surface area contributed by atoms with E-state index < -0.39 is 15.9 Å². The molecule has 1 amide bonds. The predicted molar refractivity (Wildman–Crippen MR) is 122 cm³/mol. The van der Waals surface area contributed by atoms with Gasteiger partial charge in [-0.3, -0.25) is 4.79 Å². The molecule has 2 N–H and O–H groups in total. The third kappa shape index (κ3) is 4.95. The normalized spacial score (nSPS) is 11.4. The molecule has 8 nitrogen and oxygen atoms in total. The van der Waals surface area contributed by atoms with Crippen molar-refractivity contribution in [1.29, 1.82) is 0 Å². The van der Waals surface area contributed by atoms with E-state index in [0.29, 0.717) is 17.9 Å². The molecule has 3 rings (SSSR count). The number of aromatic nitrogens is 2. The molecule has 0 aliphatic carbocycles. The smallest absolute Gasteiger partial charge is 0.256 e. The summed E-state index contributed by atoms with van der Waals surface area (Å²) in [6.07, 6.45) is 1.61. The summed E-state index contributed by atoms with van der Waals surface area (Å²) >= 11 is 0. The van der Waals surface area contributed by atoms with Crippen LogP contribution in [0.15, 0.2) is 53.6 Å². The average molecular weight is 442 g/mol. The van der Waals surface area contributed by atoms with Crippen LogP contribution in [0.5, 0.6) is 0 Å². The maximum absolute atomic E-state index is 12.9. The Morgan fingerprint density at radius 2 is 1.77 bits per heavy atom. The fourth-order valence-corrected chi connectivity index (χ4v) is 4.24. The molecule has 0 saturated heterocycles. The van der Waals surface area contributed by atoms with Gasteiger partial charge < -0.3 is 10.2 Å². The van der Waals surface area contributed by atoms with Crippen molar-refractivity contribution in [3.8, 4) is 0 Å². The van der Waals surface area contributed by atoms with Gasteiger partial charge in [-0.1, -0.05) is 12.1 Å². The zero-order chi connectivity index (χ0) is 22.8. The molecule has 3 aromatic rings. The molecule has 31 heavy (non-hydrogen) atoms. The summed E-state index contributed by atoms with van der Waals surface area (Å²) in [6, 6.07) is 12.9. The van der Waals surface area contributed by atoms with Gasteiger partial charge in [0, 0.05) is 31.4 Å². The molecule has 1 aromatic heterocycles. The van der Waals surface area contributed by atoms with E-state index in [1.807, 2.05) is 43.3 Å². The fraction of sp³-hybridized carbons (Fsp3) is 0.273. The molecule has 0 bridgehead atoms. The minimum atomic E-state index is -3.68. The standard InChI is InChI=1S/C22H27N5O3S/c1-15-12-18(13-20(16(15)2)31(29,30)23-3)22(28)25-21-10-11-24-27(21)14-17-6-8-19(9-7-17)26(4)5/h6-13,23H,14H2,1-5H3,(H,25,28). The van der Waals surface area contributed by atoms with Crippen LogP contribution >= 0.6 is 0 Å². The Labute approximate surface area is 182 Å². The van der Waals surface area contributed by atoms with E-state index in [1.165, 1.54) is 13.1 Å². The summed E-state index contributed by atoms with van der Waals surface area (Å²) in [4.78, 5) is 15.0. The van der Waals surface area contributed by atoms with Crippen LogP contribution in [0, 0.1) is 13.8 Å². The maximum Gasteiger partial charge on any atom is 0.256 e. The van der Waals surface area contributed by atoms with Crippen LogP contribution < -0.4 is 14.9 Å². The van der Waals surface area contributed by atoms with Crippen molar-refractivity contribution in [3.63, 3.8) is 0 Å². The van der Waals surface area contributed by atoms with Crippen molar-refractivity contribution in [2.24, 2.45) is 0 Å². The van der Waals surface area contributed by atoms with E-state index in [9.17, 15) is 13.2 Å². The predicted octanol–water partition coefficient (Wildman–Crippen LogP) is 2.77. The van der Waals surface area contributed by atoms with E-state index >= 15 is 0 Å². The average Bonchev–Trinajstić information content (AvgIpc) is 3.16. The summed E-state index contributed by atoms with van der Waals surface area (Å²) in [5.41, 5.74) is 3.73. The number of carbonyl (C=O) groups excluding carboxylic acids is 1. The van der Waals surface area contributed by atoms with Gasteiger partial charge in [-0.25, -0.2) is 17.8 Å². The highest BCUT2D eigenvalue weighted by atomic mass is 32.2. The molecular formula is C22H27N5O3S. The Kier molecular flexibility index (Phi) is 6.47. The van der Waals surface area contributed by atoms with Crippen LogP contribution in [-0.2, 0) is 16.6 Å². The minimum Gasteiger partial charge on any atom is -0.378 e. The summed E-state index contributed by atoms with van der Waals surface area (Å²) in [7, 11) is 1.63. The van der Waals surface area contributed by atoms with Gasteiger partial charge in [-0.05, 0) is 61.9 Å². The lowest BCUT2D eigenvalue weighted by Crippen LogP contribution is -2.22. The molecule has 0 unspecified atom stereocenters. The van der Waals surface area contributed by atoms with E-state index in [2.05, 4.69) is 15.1 Å². The first-order valence-electron chi connectivity index (χ1n) is 9.76. The Morgan fingerprint density at radius 3 is 2.39 bits per heavy atom. The number of carbonyl (C=O) groups is 1. The van der Waals surface area contributed by atoms with Crippen LogP contribution in [0.4, 0.5) is 11.5 Å². The quantitative estimate of drug-likeness (QED) is 0.588. The topological polar surface area (TPSA) is 96.3 Å². The molecule has 0 spiro atoms. The third-order valence-corrected chi connectivity index (χ3v) is 6.72. The van der Waals surface area contributed by atoms with Gasteiger partial charge >= 0.3 is 0 Å². The van der Waals surface area contributed by atoms with Gasteiger partial charge in [-0.15, -0.1) is 0 Å². The molecule has 0 fully saturated rings. The number of aryl methyl sites for hydroxylation is 1. The lowest BCUT2D eigenvalue weighted by atomic mass is 10.1. The van der Waals surface area contributed by atoms with Crippen molar-refractivity contribution in [2.75, 3.05) is 31.4 Å². The second-order valence-corrected chi connectivity index (χ2v) is 9.37. The van der Waals surface area contributed by atoms with Crippen LogP contribution in [0.2, 0.25) is 0 Å². The second-order valence-electron chi connectivity index (χ2n) is 7.51. The van der Waals surface area contributed by atoms with Gasteiger partial charge in [0.05, 0.1) is 17.6 Å². The first-order chi connectivity index (χ1) is 14.6. The molecule has 2 aromatic carbocycles. The van der Waals surface area contributed by atoms with Gasteiger partial charge in [0.25, 0.3) is 5.91 Å². The number of rotatable bonds is 7. The monoisotopic (exact) mass is 441 g/mol. The summed E-state index contributed by atoms with van der Waals surface area (Å²) in [5.74, 6) is 0.123. The third-order valence-electron chi connectivity index (χ3n) is 5.18. The van der Waals surface area contributed by atoms with Gasteiger partial charge in [0.1, 0.15) is 5.82 Å². The Morgan fingerprint density at radius 1 is 1.10 bits per heavy atom. The van der Waals surface area contributed by atoms with Crippen molar-refractivity contribution in [1.82, 2.24) is 14.5 Å². The lowest BCUT2D eigenvalue weighted by Gasteiger charge is -2.14. The number of hydrogen-bond donors (Lipinski definition) is 2. The van der Waals surface area contributed by atoms with E-state index in [-0.39, 0.29) is 10.5 Å². The summed E-state index contributed by atoms with van der Waals surface area (Å²) in [5, 5.41) is 7.14. The van der Waals surface area contributed by atoms with Crippen molar-refractivity contribution >= 4 is 27.4 Å². The first-order valence-corrected chi connectivity index (χ1v) is 11.2. The van der Waals surface area contributed by atoms with E-state index in [1.54, 1.807) is 36.9 Å². The van der Waals surface area contributed by atoms with Crippen LogP contribution in [0.25, 0.3) is 0 Å².